The number of hydrogen-bond acceptors (Lipinski definition) is 4. The Labute approximate surface area is 102 Å². The van der Waals surface area contributed by atoms with Gasteiger partial charge in [-0.1, -0.05) is 6.07 Å². The Morgan fingerprint density at radius 1 is 1.29 bits per heavy atom. The van der Waals surface area contributed by atoms with Crippen molar-refractivity contribution in [2.24, 2.45) is 0 Å². The van der Waals surface area contributed by atoms with Gasteiger partial charge in [-0.2, -0.15) is 8.42 Å². The summed E-state index contributed by atoms with van der Waals surface area (Å²) in [4.78, 5) is 0.215. The van der Waals surface area contributed by atoms with E-state index in [1.54, 1.807) is 18.2 Å². The summed E-state index contributed by atoms with van der Waals surface area (Å²) in [5.74, 6) is 0. The van der Waals surface area contributed by atoms with Gasteiger partial charge >= 0.3 is 0 Å². The van der Waals surface area contributed by atoms with Gasteiger partial charge in [0, 0.05) is 13.0 Å². The van der Waals surface area contributed by atoms with E-state index in [0.717, 1.165) is 11.1 Å². The van der Waals surface area contributed by atoms with Crippen molar-refractivity contribution in [2.75, 3.05) is 13.2 Å². The number of ether oxygens (including phenoxy) is 1. The molecule has 5 heteroatoms. The van der Waals surface area contributed by atoms with Gasteiger partial charge in [0.05, 0.1) is 11.5 Å². The van der Waals surface area contributed by atoms with Gasteiger partial charge in [-0.3, -0.25) is 4.18 Å². The topological polar surface area (TPSA) is 52.6 Å². The van der Waals surface area contributed by atoms with Crippen LogP contribution in [0.25, 0.3) is 0 Å². The molecule has 1 saturated heterocycles. The number of rotatable bonds is 3. The van der Waals surface area contributed by atoms with Crippen molar-refractivity contribution in [3.8, 4) is 0 Å². The van der Waals surface area contributed by atoms with Crippen LogP contribution in [-0.2, 0) is 19.0 Å². The van der Waals surface area contributed by atoms with E-state index in [-0.39, 0.29) is 11.0 Å². The number of benzene rings is 1. The van der Waals surface area contributed by atoms with Crippen LogP contribution < -0.4 is 0 Å². The Kier molecular flexibility index (Phi) is 3.51. The highest BCUT2D eigenvalue weighted by Crippen LogP contribution is 2.20. The maximum Gasteiger partial charge on any atom is 0.297 e. The van der Waals surface area contributed by atoms with Crippen molar-refractivity contribution < 1.29 is 17.3 Å². The molecule has 0 saturated carbocycles. The summed E-state index contributed by atoms with van der Waals surface area (Å²) in [5.41, 5.74) is 2.01. The van der Waals surface area contributed by atoms with E-state index in [1.165, 1.54) is 0 Å². The first-order chi connectivity index (χ1) is 7.99. The number of hydrogen-bond donors (Lipinski definition) is 0. The molecule has 1 heterocycles. The van der Waals surface area contributed by atoms with Crippen LogP contribution >= 0.6 is 0 Å². The first-order valence-corrected chi connectivity index (χ1v) is 6.98. The molecule has 1 aromatic carbocycles. The highest BCUT2D eigenvalue weighted by atomic mass is 32.2. The first kappa shape index (κ1) is 12.5. The highest BCUT2D eigenvalue weighted by Gasteiger charge is 2.25. The predicted molar refractivity (Wildman–Crippen MR) is 63.4 cm³/mol. The van der Waals surface area contributed by atoms with Crippen LogP contribution in [-0.4, -0.2) is 27.7 Å². The van der Waals surface area contributed by atoms with Crippen LogP contribution in [0.3, 0.4) is 0 Å². The summed E-state index contributed by atoms with van der Waals surface area (Å²) in [5, 5.41) is 0. The largest absolute Gasteiger partial charge is 0.379 e. The molecule has 1 unspecified atom stereocenters. The van der Waals surface area contributed by atoms with Gasteiger partial charge in [-0.05, 0) is 37.1 Å². The minimum Gasteiger partial charge on any atom is -0.379 e. The lowest BCUT2D eigenvalue weighted by atomic mass is 10.1. The third-order valence-corrected chi connectivity index (χ3v) is 4.27. The first-order valence-electron chi connectivity index (χ1n) is 5.57. The van der Waals surface area contributed by atoms with Gasteiger partial charge in [0.1, 0.15) is 6.10 Å². The fourth-order valence-corrected chi connectivity index (χ4v) is 2.87. The SMILES string of the molecule is Cc1ccc(S(=O)(=O)OC2CCOC2)cc1C. The van der Waals surface area contributed by atoms with Crippen LogP contribution in [0.5, 0.6) is 0 Å². The summed E-state index contributed by atoms with van der Waals surface area (Å²) < 4.78 is 34.2. The molecule has 4 nitrogen and oxygen atoms in total. The molecule has 1 aliphatic rings. The molecule has 0 radical (unpaired) electrons. The molecule has 0 amide bonds. The molecular formula is C12H16O4S. The molecule has 94 valence electrons. The van der Waals surface area contributed by atoms with Crippen LogP contribution in [0.4, 0.5) is 0 Å². The molecule has 1 aliphatic heterocycles. The maximum atomic E-state index is 12.0. The van der Waals surface area contributed by atoms with E-state index >= 15 is 0 Å². The summed E-state index contributed by atoms with van der Waals surface area (Å²) in [6.07, 6.45) is 0.283. The summed E-state index contributed by atoms with van der Waals surface area (Å²) in [6.45, 7) is 4.74. The molecule has 1 atom stereocenters. The van der Waals surface area contributed by atoms with Crippen molar-refractivity contribution in [3.05, 3.63) is 29.3 Å². The fourth-order valence-electron chi connectivity index (χ4n) is 1.69. The van der Waals surface area contributed by atoms with E-state index < -0.39 is 10.1 Å². The second-order valence-electron chi connectivity index (χ2n) is 4.28. The average molecular weight is 256 g/mol. The molecule has 2 rings (SSSR count). The van der Waals surface area contributed by atoms with Crippen molar-refractivity contribution in [2.45, 2.75) is 31.3 Å². The molecule has 1 fully saturated rings. The maximum absolute atomic E-state index is 12.0. The minimum absolute atomic E-state index is 0.215. The Balaban J connectivity index is 2.21. The Bertz CT molecular complexity index is 501. The number of aryl methyl sites for hydroxylation is 2. The fraction of sp³-hybridized carbons (Fsp3) is 0.500. The summed E-state index contributed by atoms with van der Waals surface area (Å²) in [7, 11) is -3.66. The van der Waals surface area contributed by atoms with Gasteiger partial charge in [-0.25, -0.2) is 0 Å². The standard InChI is InChI=1S/C12H16O4S/c1-9-3-4-12(7-10(9)2)17(13,14)16-11-5-6-15-8-11/h3-4,7,11H,5-6,8H2,1-2H3. The predicted octanol–water partition coefficient (Wildman–Crippen LogP) is 1.80. The van der Waals surface area contributed by atoms with E-state index in [4.69, 9.17) is 8.92 Å². The zero-order valence-electron chi connectivity index (χ0n) is 9.97. The minimum atomic E-state index is -3.66. The third kappa shape index (κ3) is 2.86. The molecule has 0 aromatic heterocycles. The molecule has 0 aliphatic carbocycles. The van der Waals surface area contributed by atoms with Gasteiger partial charge in [0.25, 0.3) is 10.1 Å². The van der Waals surface area contributed by atoms with Gasteiger partial charge < -0.3 is 4.74 Å². The zero-order valence-corrected chi connectivity index (χ0v) is 10.8. The zero-order chi connectivity index (χ0) is 12.5. The Morgan fingerprint density at radius 2 is 2.06 bits per heavy atom. The normalized spacial score (nSPS) is 20.7. The van der Waals surface area contributed by atoms with Crippen LogP contribution in [0, 0.1) is 13.8 Å². The molecule has 0 bridgehead atoms. The lowest BCUT2D eigenvalue weighted by molar-refractivity contribution is 0.145. The van der Waals surface area contributed by atoms with E-state index in [1.807, 2.05) is 13.8 Å². The smallest absolute Gasteiger partial charge is 0.297 e. The second kappa shape index (κ2) is 4.76. The second-order valence-corrected chi connectivity index (χ2v) is 5.85. The summed E-state index contributed by atoms with van der Waals surface area (Å²) in [6, 6.07) is 5.00. The van der Waals surface area contributed by atoms with Gasteiger partial charge in [-0.15, -0.1) is 0 Å². The third-order valence-electron chi connectivity index (χ3n) is 2.92. The molecule has 0 N–H and O–H groups in total. The van der Waals surface area contributed by atoms with Crippen molar-refractivity contribution in [1.29, 1.82) is 0 Å². The molecule has 1 aromatic rings. The van der Waals surface area contributed by atoms with Crippen molar-refractivity contribution in [3.63, 3.8) is 0 Å². The van der Waals surface area contributed by atoms with E-state index in [9.17, 15) is 8.42 Å². The Hall–Kier alpha value is -0.910. The summed E-state index contributed by atoms with van der Waals surface area (Å²) >= 11 is 0. The van der Waals surface area contributed by atoms with Crippen molar-refractivity contribution >= 4 is 10.1 Å². The van der Waals surface area contributed by atoms with Crippen molar-refractivity contribution in [1.82, 2.24) is 0 Å². The highest BCUT2D eigenvalue weighted by molar-refractivity contribution is 7.86. The lowest BCUT2D eigenvalue weighted by Gasteiger charge is -2.11. The van der Waals surface area contributed by atoms with Crippen LogP contribution in [0.1, 0.15) is 17.5 Å². The average Bonchev–Trinajstić information content (AvgIpc) is 2.73. The van der Waals surface area contributed by atoms with Crippen LogP contribution in [0.2, 0.25) is 0 Å². The molecule has 17 heavy (non-hydrogen) atoms. The van der Waals surface area contributed by atoms with E-state index in [0.29, 0.717) is 19.6 Å². The van der Waals surface area contributed by atoms with Gasteiger partial charge in [0.15, 0.2) is 0 Å². The Morgan fingerprint density at radius 3 is 2.65 bits per heavy atom. The molecule has 0 spiro atoms. The monoisotopic (exact) mass is 256 g/mol. The van der Waals surface area contributed by atoms with Gasteiger partial charge in [0.2, 0.25) is 0 Å². The lowest BCUT2D eigenvalue weighted by Crippen LogP contribution is -2.18. The quantitative estimate of drug-likeness (QED) is 0.774. The van der Waals surface area contributed by atoms with Crippen LogP contribution in [0.15, 0.2) is 23.1 Å². The van der Waals surface area contributed by atoms with E-state index in [2.05, 4.69) is 0 Å². The molecular weight excluding hydrogens is 240 g/mol.